The highest BCUT2D eigenvalue weighted by Crippen LogP contribution is 2.28. The van der Waals surface area contributed by atoms with E-state index in [2.05, 4.69) is 0 Å². The summed E-state index contributed by atoms with van der Waals surface area (Å²) in [6.45, 7) is 5.81. The summed E-state index contributed by atoms with van der Waals surface area (Å²) in [7, 11) is 1.52. The van der Waals surface area contributed by atoms with Crippen molar-refractivity contribution in [3.63, 3.8) is 0 Å². The van der Waals surface area contributed by atoms with Gasteiger partial charge >= 0.3 is 5.97 Å². The Balaban J connectivity index is 1.94. The minimum atomic E-state index is -0.298. The number of nitrogens with zero attached hydrogens (tertiary/aromatic N) is 1. The van der Waals surface area contributed by atoms with Crippen molar-refractivity contribution in [2.24, 2.45) is 0 Å². The van der Waals surface area contributed by atoms with Crippen LogP contribution in [0.4, 0.5) is 0 Å². The highest BCUT2D eigenvalue weighted by atomic mass is 16.5. The molecular weight excluding hydrogens is 326 g/mol. The van der Waals surface area contributed by atoms with Crippen LogP contribution in [0.2, 0.25) is 0 Å². The van der Waals surface area contributed by atoms with E-state index in [0.717, 1.165) is 5.56 Å². The van der Waals surface area contributed by atoms with Crippen LogP contribution in [0, 0.1) is 0 Å². The van der Waals surface area contributed by atoms with E-state index in [0.29, 0.717) is 37.8 Å². The number of hydrogen-bond donors (Lipinski definition) is 0. The molecule has 1 amide bonds. The minimum absolute atomic E-state index is 0.0644. The molecule has 0 unspecified atom stereocenters. The molecule has 0 radical (unpaired) electrons. The third-order valence-electron chi connectivity index (χ3n) is 3.66. The van der Waals surface area contributed by atoms with Gasteiger partial charge in [-0.05, 0) is 31.5 Å². The van der Waals surface area contributed by atoms with Crippen LogP contribution < -0.4 is 9.47 Å². The van der Waals surface area contributed by atoms with Crippen LogP contribution in [0.25, 0.3) is 0 Å². The van der Waals surface area contributed by atoms with Crippen LogP contribution >= 0.6 is 0 Å². The SMILES string of the molecule is COc1cc(CC(=O)OC(C)C)ccc1OCC(=O)N1CCOCC1. The molecule has 138 valence electrons. The van der Waals surface area contributed by atoms with Crippen LogP contribution in [0.15, 0.2) is 18.2 Å². The van der Waals surface area contributed by atoms with Crippen molar-refractivity contribution in [1.82, 2.24) is 4.90 Å². The van der Waals surface area contributed by atoms with E-state index < -0.39 is 0 Å². The number of methoxy groups -OCH3 is 1. The summed E-state index contributed by atoms with van der Waals surface area (Å²) in [6, 6.07) is 5.18. The first-order valence-corrected chi connectivity index (χ1v) is 8.34. The summed E-state index contributed by atoms with van der Waals surface area (Å²) in [4.78, 5) is 25.6. The number of carbonyl (C=O) groups is 2. The maximum atomic E-state index is 12.1. The fourth-order valence-electron chi connectivity index (χ4n) is 2.46. The van der Waals surface area contributed by atoms with Crippen molar-refractivity contribution >= 4 is 11.9 Å². The van der Waals surface area contributed by atoms with Gasteiger partial charge in [0.1, 0.15) is 0 Å². The zero-order valence-electron chi connectivity index (χ0n) is 14.9. The average molecular weight is 351 g/mol. The number of amides is 1. The van der Waals surface area contributed by atoms with Gasteiger partial charge in [-0.2, -0.15) is 0 Å². The first-order valence-electron chi connectivity index (χ1n) is 8.34. The molecule has 0 aromatic heterocycles. The number of carbonyl (C=O) groups excluding carboxylic acids is 2. The van der Waals surface area contributed by atoms with Crippen LogP contribution in [0.3, 0.4) is 0 Å². The van der Waals surface area contributed by atoms with Crippen LogP contribution in [-0.4, -0.2) is 62.9 Å². The lowest BCUT2D eigenvalue weighted by Crippen LogP contribution is -2.43. The highest BCUT2D eigenvalue weighted by Gasteiger charge is 2.18. The molecule has 0 aliphatic carbocycles. The Labute approximate surface area is 147 Å². The Hall–Kier alpha value is -2.28. The third kappa shape index (κ3) is 5.94. The summed E-state index contributed by atoms with van der Waals surface area (Å²) in [5, 5.41) is 0. The van der Waals surface area contributed by atoms with Gasteiger partial charge in [-0.25, -0.2) is 0 Å². The van der Waals surface area contributed by atoms with Crippen LogP contribution in [0.1, 0.15) is 19.4 Å². The van der Waals surface area contributed by atoms with Crippen molar-refractivity contribution in [1.29, 1.82) is 0 Å². The quantitative estimate of drug-likeness (QED) is 0.692. The molecule has 0 N–H and O–H groups in total. The number of hydrogen-bond acceptors (Lipinski definition) is 6. The molecule has 25 heavy (non-hydrogen) atoms. The Bertz CT molecular complexity index is 595. The molecule has 1 aromatic carbocycles. The Kier molecular flexibility index (Phi) is 7.06. The number of ether oxygens (including phenoxy) is 4. The maximum absolute atomic E-state index is 12.1. The first-order chi connectivity index (χ1) is 12.0. The summed E-state index contributed by atoms with van der Waals surface area (Å²) in [5.41, 5.74) is 0.759. The molecular formula is C18H25NO6. The fourth-order valence-corrected chi connectivity index (χ4v) is 2.46. The van der Waals surface area contributed by atoms with Gasteiger partial charge in [0.25, 0.3) is 5.91 Å². The molecule has 0 bridgehead atoms. The fraction of sp³-hybridized carbons (Fsp3) is 0.556. The summed E-state index contributed by atoms with van der Waals surface area (Å²) < 4.78 is 21.3. The first kappa shape index (κ1) is 19.1. The zero-order chi connectivity index (χ0) is 18.2. The Morgan fingerprint density at radius 3 is 2.56 bits per heavy atom. The normalized spacial score (nSPS) is 14.3. The standard InChI is InChI=1S/C18H25NO6/c1-13(2)25-18(21)11-14-4-5-15(16(10-14)22-3)24-12-17(20)19-6-8-23-9-7-19/h4-5,10,13H,6-9,11-12H2,1-3H3. The van der Waals surface area contributed by atoms with Crippen LogP contribution in [0.5, 0.6) is 11.5 Å². The van der Waals surface area contributed by atoms with E-state index in [4.69, 9.17) is 18.9 Å². The van der Waals surface area contributed by atoms with E-state index in [1.165, 1.54) is 7.11 Å². The molecule has 1 heterocycles. The van der Waals surface area contributed by atoms with Gasteiger partial charge in [-0.15, -0.1) is 0 Å². The Morgan fingerprint density at radius 1 is 1.20 bits per heavy atom. The smallest absolute Gasteiger partial charge is 0.310 e. The lowest BCUT2D eigenvalue weighted by Gasteiger charge is -2.26. The predicted octanol–water partition coefficient (Wildman–Crippen LogP) is 1.43. The number of benzene rings is 1. The van der Waals surface area contributed by atoms with Gasteiger partial charge < -0.3 is 23.8 Å². The lowest BCUT2D eigenvalue weighted by atomic mass is 10.1. The number of morpholine rings is 1. The van der Waals surface area contributed by atoms with E-state index >= 15 is 0 Å². The maximum Gasteiger partial charge on any atom is 0.310 e. The van der Waals surface area contributed by atoms with Gasteiger partial charge in [0.2, 0.25) is 0 Å². The van der Waals surface area contributed by atoms with Crippen molar-refractivity contribution in [3.05, 3.63) is 23.8 Å². The van der Waals surface area contributed by atoms with Crippen molar-refractivity contribution < 1.29 is 28.5 Å². The molecule has 7 heteroatoms. The summed E-state index contributed by atoms with van der Waals surface area (Å²) in [6.07, 6.45) is 0.00448. The second kappa shape index (κ2) is 9.27. The lowest BCUT2D eigenvalue weighted by molar-refractivity contribution is -0.146. The molecule has 1 saturated heterocycles. The molecule has 1 fully saturated rings. The third-order valence-corrected chi connectivity index (χ3v) is 3.66. The second-order valence-corrected chi connectivity index (χ2v) is 5.98. The molecule has 0 spiro atoms. The van der Waals surface area contributed by atoms with E-state index in [1.807, 2.05) is 0 Å². The van der Waals surface area contributed by atoms with Gasteiger partial charge in [-0.1, -0.05) is 6.07 Å². The summed E-state index contributed by atoms with van der Waals surface area (Å²) in [5.74, 6) is 0.554. The van der Waals surface area contributed by atoms with Crippen molar-refractivity contribution in [2.75, 3.05) is 40.0 Å². The van der Waals surface area contributed by atoms with Crippen molar-refractivity contribution in [2.45, 2.75) is 26.4 Å². The largest absolute Gasteiger partial charge is 0.493 e. The minimum Gasteiger partial charge on any atom is -0.493 e. The van der Waals surface area contributed by atoms with Gasteiger partial charge in [0.15, 0.2) is 18.1 Å². The van der Waals surface area contributed by atoms with Gasteiger partial charge in [0.05, 0.1) is 32.8 Å². The molecule has 0 atom stereocenters. The zero-order valence-corrected chi connectivity index (χ0v) is 14.9. The summed E-state index contributed by atoms with van der Waals surface area (Å²) >= 11 is 0. The molecule has 1 aromatic rings. The van der Waals surface area contributed by atoms with E-state index in [9.17, 15) is 9.59 Å². The van der Waals surface area contributed by atoms with Gasteiger partial charge in [0, 0.05) is 13.1 Å². The average Bonchev–Trinajstić information content (AvgIpc) is 2.60. The predicted molar refractivity (Wildman–Crippen MR) is 90.8 cm³/mol. The van der Waals surface area contributed by atoms with Gasteiger partial charge in [-0.3, -0.25) is 9.59 Å². The number of rotatable bonds is 7. The monoisotopic (exact) mass is 351 g/mol. The Morgan fingerprint density at radius 2 is 1.92 bits per heavy atom. The number of esters is 1. The van der Waals surface area contributed by atoms with Crippen molar-refractivity contribution in [3.8, 4) is 11.5 Å². The van der Waals surface area contributed by atoms with E-state index in [1.54, 1.807) is 36.9 Å². The van der Waals surface area contributed by atoms with E-state index in [-0.39, 0.29) is 31.0 Å². The second-order valence-electron chi connectivity index (χ2n) is 5.98. The molecule has 1 aliphatic rings. The topological polar surface area (TPSA) is 74.3 Å². The highest BCUT2D eigenvalue weighted by molar-refractivity contribution is 5.78. The molecule has 7 nitrogen and oxygen atoms in total. The molecule has 1 aliphatic heterocycles. The molecule has 2 rings (SSSR count). The van der Waals surface area contributed by atoms with Crippen LogP contribution in [-0.2, 0) is 25.5 Å². The molecule has 0 saturated carbocycles.